The van der Waals surface area contributed by atoms with Crippen molar-refractivity contribution in [2.24, 2.45) is 5.73 Å². The van der Waals surface area contributed by atoms with Crippen molar-refractivity contribution in [3.8, 4) is 0 Å². The standard InChI is InChI=1S/C12H25N3/c1-14-7-3-4-12(9-14)15(2)11-6-5-10(13)8-11/h10-12H,3-9,13H2,1-2H3. The van der Waals surface area contributed by atoms with Gasteiger partial charge in [-0.15, -0.1) is 0 Å². The Labute approximate surface area is 93.6 Å². The molecule has 2 rings (SSSR count). The van der Waals surface area contributed by atoms with Gasteiger partial charge in [0.2, 0.25) is 0 Å². The van der Waals surface area contributed by atoms with Gasteiger partial charge in [0.1, 0.15) is 0 Å². The van der Waals surface area contributed by atoms with Gasteiger partial charge in [-0.3, -0.25) is 4.90 Å². The Balaban J connectivity index is 1.86. The van der Waals surface area contributed by atoms with Crippen molar-refractivity contribution in [2.75, 3.05) is 27.2 Å². The molecule has 3 nitrogen and oxygen atoms in total. The third-order valence-corrected chi connectivity index (χ3v) is 4.20. The zero-order valence-corrected chi connectivity index (χ0v) is 10.2. The van der Waals surface area contributed by atoms with Crippen molar-refractivity contribution >= 4 is 0 Å². The summed E-state index contributed by atoms with van der Waals surface area (Å²) in [5.41, 5.74) is 5.98. The maximum atomic E-state index is 5.98. The minimum absolute atomic E-state index is 0.457. The van der Waals surface area contributed by atoms with Crippen molar-refractivity contribution < 1.29 is 0 Å². The SMILES string of the molecule is CN1CCCC(N(C)C2CCC(N)C2)C1. The second-order valence-corrected chi connectivity index (χ2v) is 5.45. The van der Waals surface area contributed by atoms with Crippen LogP contribution in [0.25, 0.3) is 0 Å². The predicted molar refractivity (Wildman–Crippen MR) is 63.9 cm³/mol. The van der Waals surface area contributed by atoms with Gasteiger partial charge < -0.3 is 10.6 Å². The van der Waals surface area contributed by atoms with Crippen molar-refractivity contribution in [3.63, 3.8) is 0 Å². The molecule has 3 heteroatoms. The summed E-state index contributed by atoms with van der Waals surface area (Å²) < 4.78 is 0. The van der Waals surface area contributed by atoms with E-state index in [0.29, 0.717) is 6.04 Å². The van der Waals surface area contributed by atoms with E-state index >= 15 is 0 Å². The van der Waals surface area contributed by atoms with Crippen LogP contribution in [0.5, 0.6) is 0 Å². The predicted octanol–water partition coefficient (Wildman–Crippen LogP) is 0.892. The first-order valence-corrected chi connectivity index (χ1v) is 6.33. The number of likely N-dealkylation sites (tertiary alicyclic amines) is 1. The van der Waals surface area contributed by atoms with Crippen LogP contribution in [0.4, 0.5) is 0 Å². The number of nitrogens with zero attached hydrogens (tertiary/aromatic N) is 2. The lowest BCUT2D eigenvalue weighted by Crippen LogP contribution is -2.48. The highest BCUT2D eigenvalue weighted by Gasteiger charge is 2.30. The van der Waals surface area contributed by atoms with Gasteiger partial charge in [0.15, 0.2) is 0 Å². The van der Waals surface area contributed by atoms with E-state index in [2.05, 4.69) is 23.9 Å². The molecule has 0 bridgehead atoms. The van der Waals surface area contributed by atoms with Gasteiger partial charge in [0.05, 0.1) is 0 Å². The van der Waals surface area contributed by atoms with Crippen molar-refractivity contribution in [1.29, 1.82) is 0 Å². The molecule has 3 atom stereocenters. The molecule has 0 amide bonds. The molecular weight excluding hydrogens is 186 g/mol. The monoisotopic (exact) mass is 211 g/mol. The lowest BCUT2D eigenvalue weighted by molar-refractivity contribution is 0.1000. The third kappa shape index (κ3) is 2.71. The van der Waals surface area contributed by atoms with Crippen molar-refractivity contribution in [1.82, 2.24) is 9.80 Å². The molecule has 0 spiro atoms. The van der Waals surface area contributed by atoms with Gasteiger partial charge in [0, 0.05) is 24.7 Å². The summed E-state index contributed by atoms with van der Waals surface area (Å²) in [7, 11) is 4.53. The Morgan fingerprint density at radius 3 is 2.60 bits per heavy atom. The topological polar surface area (TPSA) is 32.5 Å². The molecule has 2 fully saturated rings. The average Bonchev–Trinajstić information content (AvgIpc) is 2.64. The number of hydrogen-bond donors (Lipinski definition) is 1. The largest absolute Gasteiger partial charge is 0.328 e. The summed E-state index contributed by atoms with van der Waals surface area (Å²) in [5.74, 6) is 0. The fourth-order valence-electron chi connectivity index (χ4n) is 3.13. The van der Waals surface area contributed by atoms with Gasteiger partial charge in [-0.1, -0.05) is 0 Å². The van der Waals surface area contributed by atoms with Crippen LogP contribution < -0.4 is 5.73 Å². The zero-order valence-electron chi connectivity index (χ0n) is 10.2. The molecule has 15 heavy (non-hydrogen) atoms. The highest BCUT2D eigenvalue weighted by Crippen LogP contribution is 2.25. The highest BCUT2D eigenvalue weighted by molar-refractivity contribution is 4.88. The molecule has 2 N–H and O–H groups in total. The summed E-state index contributed by atoms with van der Waals surface area (Å²) in [6.07, 6.45) is 6.45. The maximum absolute atomic E-state index is 5.98. The minimum Gasteiger partial charge on any atom is -0.328 e. The van der Waals surface area contributed by atoms with E-state index < -0.39 is 0 Å². The van der Waals surface area contributed by atoms with E-state index in [1.54, 1.807) is 0 Å². The Kier molecular flexibility index (Phi) is 3.65. The van der Waals surface area contributed by atoms with E-state index in [1.807, 2.05) is 0 Å². The molecule has 3 unspecified atom stereocenters. The van der Waals surface area contributed by atoms with Crippen LogP contribution in [-0.2, 0) is 0 Å². The van der Waals surface area contributed by atoms with E-state index in [-0.39, 0.29) is 0 Å². The minimum atomic E-state index is 0.457. The fraction of sp³-hybridized carbons (Fsp3) is 1.00. The number of piperidine rings is 1. The first-order chi connectivity index (χ1) is 7.16. The first-order valence-electron chi connectivity index (χ1n) is 6.33. The van der Waals surface area contributed by atoms with E-state index in [0.717, 1.165) is 12.1 Å². The lowest BCUT2D eigenvalue weighted by atomic mass is 10.0. The number of rotatable bonds is 2. The number of hydrogen-bond acceptors (Lipinski definition) is 3. The highest BCUT2D eigenvalue weighted by atomic mass is 15.2. The Morgan fingerprint density at radius 2 is 2.00 bits per heavy atom. The molecule has 1 aliphatic carbocycles. The van der Waals surface area contributed by atoms with Crippen LogP contribution in [0, 0.1) is 0 Å². The van der Waals surface area contributed by atoms with Gasteiger partial charge >= 0.3 is 0 Å². The van der Waals surface area contributed by atoms with Crippen LogP contribution in [0.3, 0.4) is 0 Å². The third-order valence-electron chi connectivity index (χ3n) is 4.20. The molecule has 88 valence electrons. The smallest absolute Gasteiger partial charge is 0.0223 e. The summed E-state index contributed by atoms with van der Waals surface area (Å²) in [4.78, 5) is 5.06. The van der Waals surface area contributed by atoms with E-state index in [9.17, 15) is 0 Å². The summed E-state index contributed by atoms with van der Waals surface area (Å²) in [6.45, 7) is 2.51. The Hall–Kier alpha value is -0.120. The first kappa shape index (κ1) is 11.4. The lowest BCUT2D eigenvalue weighted by Gasteiger charge is -2.39. The number of nitrogens with two attached hydrogens (primary N) is 1. The normalized spacial score (nSPS) is 38.8. The van der Waals surface area contributed by atoms with Crippen LogP contribution in [0.1, 0.15) is 32.1 Å². The summed E-state index contributed by atoms with van der Waals surface area (Å²) in [6, 6.07) is 1.97. The van der Waals surface area contributed by atoms with E-state index in [1.165, 1.54) is 45.2 Å². The van der Waals surface area contributed by atoms with Gasteiger partial charge in [-0.25, -0.2) is 0 Å². The molecule has 1 aliphatic heterocycles. The summed E-state index contributed by atoms with van der Waals surface area (Å²) in [5, 5.41) is 0. The molecule has 2 aliphatic rings. The average molecular weight is 211 g/mol. The molecule has 0 radical (unpaired) electrons. The second kappa shape index (κ2) is 4.81. The van der Waals surface area contributed by atoms with Crippen LogP contribution in [0.2, 0.25) is 0 Å². The number of likely N-dealkylation sites (N-methyl/N-ethyl adjacent to an activating group) is 2. The van der Waals surface area contributed by atoms with Gasteiger partial charge in [-0.2, -0.15) is 0 Å². The fourth-order valence-corrected chi connectivity index (χ4v) is 3.13. The maximum Gasteiger partial charge on any atom is 0.0223 e. The van der Waals surface area contributed by atoms with Crippen molar-refractivity contribution in [2.45, 2.75) is 50.2 Å². The molecule has 1 saturated heterocycles. The van der Waals surface area contributed by atoms with Gasteiger partial charge in [-0.05, 0) is 52.7 Å². The molecule has 0 aromatic carbocycles. The molecule has 1 saturated carbocycles. The Morgan fingerprint density at radius 1 is 1.20 bits per heavy atom. The molecule has 0 aromatic heterocycles. The van der Waals surface area contributed by atoms with Crippen LogP contribution in [-0.4, -0.2) is 55.1 Å². The van der Waals surface area contributed by atoms with Crippen LogP contribution >= 0.6 is 0 Å². The molecular formula is C12H25N3. The summed E-state index contributed by atoms with van der Waals surface area (Å²) >= 11 is 0. The van der Waals surface area contributed by atoms with Gasteiger partial charge in [0.25, 0.3) is 0 Å². The molecule has 1 heterocycles. The quantitative estimate of drug-likeness (QED) is 0.736. The molecule has 0 aromatic rings. The Bertz CT molecular complexity index is 207. The second-order valence-electron chi connectivity index (χ2n) is 5.45. The van der Waals surface area contributed by atoms with Crippen LogP contribution in [0.15, 0.2) is 0 Å². The van der Waals surface area contributed by atoms with E-state index in [4.69, 9.17) is 5.73 Å². The van der Waals surface area contributed by atoms with Crippen molar-refractivity contribution in [3.05, 3.63) is 0 Å². The zero-order chi connectivity index (χ0) is 10.8.